The first-order chi connectivity index (χ1) is 10.5. The van der Waals surface area contributed by atoms with Crippen molar-refractivity contribution in [1.82, 2.24) is 10.3 Å². The molecule has 122 valence electrons. The van der Waals surface area contributed by atoms with Crippen molar-refractivity contribution >= 4 is 22.2 Å². The van der Waals surface area contributed by atoms with Crippen LogP contribution in [0.15, 0.2) is 6.20 Å². The largest absolute Gasteiger partial charge is 0.317 e. The Bertz CT molecular complexity index is 534. The Labute approximate surface area is 137 Å². The highest BCUT2D eigenvalue weighted by atomic mass is 32.1. The number of thiazole rings is 1. The summed E-state index contributed by atoms with van der Waals surface area (Å²) in [5.41, 5.74) is 0.325. The fourth-order valence-electron chi connectivity index (χ4n) is 3.75. The number of hydrogen-bond acceptors (Lipinski definition) is 4. The topological polar surface area (TPSA) is 54.0 Å². The molecular weight excluding hydrogens is 294 g/mol. The summed E-state index contributed by atoms with van der Waals surface area (Å²) in [6, 6.07) is 0.510. The first kappa shape index (κ1) is 15.9. The van der Waals surface area contributed by atoms with Crippen molar-refractivity contribution in [3.63, 3.8) is 0 Å². The minimum absolute atomic E-state index is 0.157. The maximum atomic E-state index is 12.2. The van der Waals surface area contributed by atoms with Gasteiger partial charge in [-0.2, -0.15) is 0 Å². The highest BCUT2D eigenvalue weighted by Crippen LogP contribution is 2.48. The van der Waals surface area contributed by atoms with Crippen LogP contribution in [0.4, 0.5) is 5.00 Å². The van der Waals surface area contributed by atoms with Crippen LogP contribution in [0, 0.1) is 11.3 Å². The fourth-order valence-corrected chi connectivity index (χ4v) is 4.92. The van der Waals surface area contributed by atoms with E-state index < -0.39 is 0 Å². The van der Waals surface area contributed by atoms with Crippen molar-refractivity contribution < 1.29 is 4.79 Å². The van der Waals surface area contributed by atoms with Gasteiger partial charge in [0.05, 0.1) is 11.2 Å². The van der Waals surface area contributed by atoms with Crippen LogP contribution in [0.1, 0.15) is 63.3 Å². The van der Waals surface area contributed by atoms with Gasteiger partial charge in [0.25, 0.3) is 0 Å². The van der Waals surface area contributed by atoms with E-state index in [1.54, 1.807) is 11.3 Å². The third-order valence-electron chi connectivity index (χ3n) is 5.49. The van der Waals surface area contributed by atoms with Gasteiger partial charge in [-0.3, -0.25) is 4.79 Å². The van der Waals surface area contributed by atoms with Gasteiger partial charge in [-0.05, 0) is 38.1 Å². The average Bonchev–Trinajstić information content (AvgIpc) is 2.85. The first-order valence-electron chi connectivity index (χ1n) is 8.43. The Kier molecular flexibility index (Phi) is 4.55. The molecule has 1 atom stereocenters. The molecule has 1 aromatic rings. The Balaban J connectivity index is 1.60. The Morgan fingerprint density at radius 2 is 2.14 bits per heavy atom. The molecule has 0 saturated heterocycles. The molecule has 22 heavy (non-hydrogen) atoms. The van der Waals surface area contributed by atoms with E-state index in [-0.39, 0.29) is 11.8 Å². The summed E-state index contributed by atoms with van der Waals surface area (Å²) in [5.74, 6) is 0.855. The third-order valence-corrected chi connectivity index (χ3v) is 6.52. The van der Waals surface area contributed by atoms with Gasteiger partial charge < -0.3 is 10.6 Å². The standard InChI is InChI=1S/C17H27N3OS/c1-17(2)7-5-4-6-13(17)16-19-10-14(22-16)20-15(21)11-8-12(9-11)18-3/h10-13,18H,4-9H2,1-3H3,(H,20,21)/t11?,12?,13-/m0/s1. The predicted octanol–water partition coefficient (Wildman–Crippen LogP) is 3.76. The Hall–Kier alpha value is -0.940. The second-order valence-electron chi connectivity index (χ2n) is 7.49. The molecule has 5 heteroatoms. The minimum atomic E-state index is 0.157. The molecule has 0 unspecified atom stereocenters. The van der Waals surface area contributed by atoms with Crippen LogP contribution in [-0.4, -0.2) is 24.0 Å². The zero-order valence-corrected chi connectivity index (χ0v) is 14.6. The lowest BCUT2D eigenvalue weighted by atomic mass is 9.69. The summed E-state index contributed by atoms with van der Waals surface area (Å²) in [6.45, 7) is 4.70. The highest BCUT2D eigenvalue weighted by Gasteiger charge is 2.36. The Morgan fingerprint density at radius 3 is 2.82 bits per heavy atom. The van der Waals surface area contributed by atoms with Crippen molar-refractivity contribution in [3.05, 3.63) is 11.2 Å². The number of amides is 1. The molecule has 0 spiro atoms. The number of nitrogens with zero attached hydrogens (tertiary/aromatic N) is 1. The molecular formula is C17H27N3OS. The second kappa shape index (κ2) is 6.28. The van der Waals surface area contributed by atoms with Crippen molar-refractivity contribution in [3.8, 4) is 0 Å². The maximum absolute atomic E-state index is 12.2. The van der Waals surface area contributed by atoms with Gasteiger partial charge in [0.15, 0.2) is 0 Å². The van der Waals surface area contributed by atoms with Crippen LogP contribution in [0.25, 0.3) is 0 Å². The molecule has 2 aliphatic rings. The average molecular weight is 321 g/mol. The van der Waals surface area contributed by atoms with Gasteiger partial charge in [-0.15, -0.1) is 11.3 Å². The number of hydrogen-bond donors (Lipinski definition) is 2. The van der Waals surface area contributed by atoms with Crippen LogP contribution in [0.2, 0.25) is 0 Å². The van der Waals surface area contributed by atoms with E-state index in [0.717, 1.165) is 17.8 Å². The number of nitrogens with one attached hydrogen (secondary N) is 2. The maximum Gasteiger partial charge on any atom is 0.228 e. The van der Waals surface area contributed by atoms with Gasteiger partial charge >= 0.3 is 0 Å². The zero-order chi connectivity index (χ0) is 15.7. The molecule has 4 nitrogen and oxygen atoms in total. The van der Waals surface area contributed by atoms with Crippen molar-refractivity contribution in [2.75, 3.05) is 12.4 Å². The van der Waals surface area contributed by atoms with E-state index in [1.165, 1.54) is 30.7 Å². The molecule has 0 radical (unpaired) electrons. The van der Waals surface area contributed by atoms with Gasteiger partial charge in [0.1, 0.15) is 5.00 Å². The van der Waals surface area contributed by atoms with Crippen molar-refractivity contribution in [2.45, 2.75) is 64.3 Å². The molecule has 3 rings (SSSR count). The van der Waals surface area contributed by atoms with E-state index >= 15 is 0 Å². The summed E-state index contributed by atoms with van der Waals surface area (Å²) in [4.78, 5) is 16.8. The lowest BCUT2D eigenvalue weighted by molar-refractivity contribution is -0.122. The van der Waals surface area contributed by atoms with Crippen LogP contribution in [0.3, 0.4) is 0 Å². The number of carbonyl (C=O) groups excluding carboxylic acids is 1. The number of anilines is 1. The van der Waals surface area contributed by atoms with Gasteiger partial charge in [-0.25, -0.2) is 4.98 Å². The summed E-state index contributed by atoms with van der Waals surface area (Å²) >= 11 is 1.67. The molecule has 2 fully saturated rings. The third kappa shape index (κ3) is 3.20. The minimum Gasteiger partial charge on any atom is -0.317 e. The predicted molar refractivity (Wildman–Crippen MR) is 91.3 cm³/mol. The van der Waals surface area contributed by atoms with E-state index in [1.807, 2.05) is 13.2 Å². The van der Waals surface area contributed by atoms with Crippen molar-refractivity contribution in [1.29, 1.82) is 0 Å². The van der Waals surface area contributed by atoms with E-state index in [0.29, 0.717) is 17.4 Å². The number of aromatic nitrogens is 1. The number of carbonyl (C=O) groups is 1. The summed E-state index contributed by atoms with van der Waals surface area (Å²) in [5, 5.41) is 8.39. The van der Waals surface area contributed by atoms with E-state index in [2.05, 4.69) is 29.5 Å². The number of rotatable bonds is 4. The second-order valence-corrected chi connectivity index (χ2v) is 8.56. The summed E-state index contributed by atoms with van der Waals surface area (Å²) in [6.07, 6.45) is 8.85. The van der Waals surface area contributed by atoms with E-state index in [4.69, 9.17) is 0 Å². The molecule has 1 heterocycles. The fraction of sp³-hybridized carbons (Fsp3) is 0.765. The Morgan fingerprint density at radius 1 is 1.36 bits per heavy atom. The van der Waals surface area contributed by atoms with Crippen LogP contribution >= 0.6 is 11.3 Å². The molecule has 0 aromatic carbocycles. The molecule has 0 aliphatic heterocycles. The summed E-state index contributed by atoms with van der Waals surface area (Å²) in [7, 11) is 1.96. The van der Waals surface area contributed by atoms with Crippen LogP contribution in [-0.2, 0) is 4.79 Å². The summed E-state index contributed by atoms with van der Waals surface area (Å²) < 4.78 is 0. The molecule has 2 N–H and O–H groups in total. The van der Waals surface area contributed by atoms with Gasteiger partial charge in [0, 0.05) is 17.9 Å². The lowest BCUT2D eigenvalue weighted by Gasteiger charge is -2.37. The first-order valence-corrected chi connectivity index (χ1v) is 9.25. The normalized spacial score (nSPS) is 30.6. The SMILES string of the molecule is CNC1CC(C(=O)Nc2cnc([C@@H]3CCCCC3(C)C)s2)C1. The molecule has 0 bridgehead atoms. The zero-order valence-electron chi connectivity index (χ0n) is 13.8. The lowest BCUT2D eigenvalue weighted by Crippen LogP contribution is -2.44. The van der Waals surface area contributed by atoms with E-state index in [9.17, 15) is 4.79 Å². The molecule has 2 aliphatic carbocycles. The molecule has 2 saturated carbocycles. The highest BCUT2D eigenvalue weighted by molar-refractivity contribution is 7.15. The quantitative estimate of drug-likeness (QED) is 0.887. The smallest absolute Gasteiger partial charge is 0.228 e. The van der Waals surface area contributed by atoms with Gasteiger partial charge in [0.2, 0.25) is 5.91 Å². The monoisotopic (exact) mass is 321 g/mol. The van der Waals surface area contributed by atoms with Crippen LogP contribution in [0.5, 0.6) is 0 Å². The van der Waals surface area contributed by atoms with Crippen molar-refractivity contribution in [2.24, 2.45) is 11.3 Å². The molecule has 1 aromatic heterocycles. The molecule has 1 amide bonds. The van der Waals surface area contributed by atoms with Gasteiger partial charge in [-0.1, -0.05) is 26.7 Å². The van der Waals surface area contributed by atoms with Crippen LogP contribution < -0.4 is 10.6 Å².